The largest absolute Gasteiger partial charge is 0.355 e. The number of benzene rings is 2. The van der Waals surface area contributed by atoms with E-state index in [2.05, 4.69) is 10.6 Å². The van der Waals surface area contributed by atoms with Gasteiger partial charge < -0.3 is 10.6 Å². The molecule has 2 amide bonds. The highest BCUT2D eigenvalue weighted by Gasteiger charge is 2.20. The minimum atomic E-state index is -0.643. The highest BCUT2D eigenvalue weighted by atomic mass is 35.5. The number of nitro benzene ring substituents is 1. The van der Waals surface area contributed by atoms with Gasteiger partial charge in [-0.05, 0) is 36.8 Å². The van der Waals surface area contributed by atoms with Crippen molar-refractivity contribution in [2.75, 3.05) is 12.4 Å². The fourth-order valence-corrected chi connectivity index (χ4v) is 2.30. The van der Waals surface area contributed by atoms with Crippen LogP contribution in [0.25, 0.3) is 0 Å². The number of aryl methyl sites for hydroxylation is 1. The van der Waals surface area contributed by atoms with E-state index >= 15 is 0 Å². The number of anilines is 1. The van der Waals surface area contributed by atoms with E-state index in [1.807, 2.05) is 0 Å². The highest BCUT2D eigenvalue weighted by molar-refractivity contribution is 6.34. The van der Waals surface area contributed by atoms with E-state index in [1.165, 1.54) is 37.4 Å². The zero-order valence-corrected chi connectivity index (χ0v) is 13.7. The first-order valence-electron chi connectivity index (χ1n) is 6.91. The summed E-state index contributed by atoms with van der Waals surface area (Å²) in [4.78, 5) is 34.6. The van der Waals surface area contributed by atoms with Crippen LogP contribution in [-0.2, 0) is 0 Å². The van der Waals surface area contributed by atoms with Crippen molar-refractivity contribution in [3.8, 4) is 0 Å². The summed E-state index contributed by atoms with van der Waals surface area (Å²) in [5.74, 6) is -1.05. The van der Waals surface area contributed by atoms with E-state index < -0.39 is 16.7 Å². The Balaban J connectivity index is 2.36. The van der Waals surface area contributed by atoms with Crippen molar-refractivity contribution >= 4 is 34.8 Å². The first-order valence-corrected chi connectivity index (χ1v) is 7.29. The Morgan fingerprint density at radius 1 is 1.08 bits per heavy atom. The number of nitro groups is 1. The van der Waals surface area contributed by atoms with Gasteiger partial charge in [-0.1, -0.05) is 17.7 Å². The van der Waals surface area contributed by atoms with Gasteiger partial charge in [-0.2, -0.15) is 0 Å². The lowest BCUT2D eigenvalue weighted by Gasteiger charge is -2.09. The Bertz CT molecular complexity index is 836. The van der Waals surface area contributed by atoms with Gasteiger partial charge in [0, 0.05) is 18.8 Å². The Morgan fingerprint density at radius 2 is 1.79 bits per heavy atom. The van der Waals surface area contributed by atoms with Crippen molar-refractivity contribution < 1.29 is 14.5 Å². The van der Waals surface area contributed by atoms with Crippen LogP contribution >= 0.6 is 11.6 Å². The summed E-state index contributed by atoms with van der Waals surface area (Å²) in [6.07, 6.45) is 0. The number of halogens is 1. The third kappa shape index (κ3) is 3.69. The third-order valence-electron chi connectivity index (χ3n) is 3.29. The second-order valence-electron chi connectivity index (χ2n) is 5.01. The number of amides is 2. The van der Waals surface area contributed by atoms with Crippen molar-refractivity contribution in [1.82, 2.24) is 5.32 Å². The lowest BCUT2D eigenvalue weighted by Crippen LogP contribution is -2.19. The Hall–Kier alpha value is -2.93. The van der Waals surface area contributed by atoms with Crippen molar-refractivity contribution in [3.05, 3.63) is 68.2 Å². The van der Waals surface area contributed by atoms with Gasteiger partial charge in [0.05, 0.1) is 15.5 Å². The average molecular weight is 348 g/mol. The normalized spacial score (nSPS) is 10.1. The number of nitrogens with one attached hydrogen (secondary N) is 2. The van der Waals surface area contributed by atoms with Crippen LogP contribution in [0.1, 0.15) is 26.3 Å². The van der Waals surface area contributed by atoms with Gasteiger partial charge in [-0.3, -0.25) is 19.7 Å². The van der Waals surface area contributed by atoms with Gasteiger partial charge in [-0.25, -0.2) is 0 Å². The lowest BCUT2D eigenvalue weighted by molar-refractivity contribution is -0.385. The second kappa shape index (κ2) is 7.10. The van der Waals surface area contributed by atoms with E-state index in [0.717, 1.165) is 0 Å². The fraction of sp³-hybridized carbons (Fsp3) is 0.125. The van der Waals surface area contributed by atoms with Gasteiger partial charge >= 0.3 is 0 Å². The molecule has 0 bridgehead atoms. The van der Waals surface area contributed by atoms with Crippen molar-refractivity contribution in [2.24, 2.45) is 0 Å². The predicted molar refractivity (Wildman–Crippen MR) is 90.6 cm³/mol. The fourth-order valence-electron chi connectivity index (χ4n) is 2.10. The van der Waals surface area contributed by atoms with Gasteiger partial charge in [0.25, 0.3) is 17.5 Å². The molecule has 0 aliphatic rings. The molecule has 0 radical (unpaired) electrons. The SMILES string of the molecule is CNC(=O)c1cc(NC(=O)c2cc(C)ccc2[N+](=O)[O-])ccc1Cl. The van der Waals surface area contributed by atoms with Crippen LogP contribution < -0.4 is 10.6 Å². The number of hydrogen-bond acceptors (Lipinski definition) is 4. The predicted octanol–water partition coefficient (Wildman–Crippen LogP) is 3.17. The number of nitrogens with zero attached hydrogens (tertiary/aromatic N) is 1. The van der Waals surface area contributed by atoms with Crippen LogP contribution in [0.2, 0.25) is 5.02 Å². The molecule has 0 aromatic heterocycles. The molecular formula is C16H14ClN3O4. The average Bonchev–Trinajstić information content (AvgIpc) is 2.55. The van der Waals surface area contributed by atoms with Gasteiger partial charge in [0.15, 0.2) is 0 Å². The molecule has 2 N–H and O–H groups in total. The maximum Gasteiger partial charge on any atom is 0.282 e. The van der Waals surface area contributed by atoms with Gasteiger partial charge in [0.2, 0.25) is 0 Å². The molecule has 0 aliphatic carbocycles. The molecule has 0 atom stereocenters. The van der Waals surface area contributed by atoms with Crippen LogP contribution in [0.4, 0.5) is 11.4 Å². The molecule has 2 aromatic carbocycles. The van der Waals surface area contributed by atoms with Gasteiger partial charge in [0.1, 0.15) is 5.56 Å². The summed E-state index contributed by atoms with van der Waals surface area (Å²) < 4.78 is 0. The maximum absolute atomic E-state index is 12.4. The molecule has 24 heavy (non-hydrogen) atoms. The van der Waals surface area contributed by atoms with Crippen molar-refractivity contribution in [2.45, 2.75) is 6.92 Å². The molecule has 0 unspecified atom stereocenters. The quantitative estimate of drug-likeness (QED) is 0.655. The smallest absolute Gasteiger partial charge is 0.282 e. The van der Waals surface area contributed by atoms with Crippen LogP contribution in [0.3, 0.4) is 0 Å². The molecule has 0 fully saturated rings. The molecular weight excluding hydrogens is 334 g/mol. The van der Waals surface area contributed by atoms with Crippen LogP contribution in [0.15, 0.2) is 36.4 Å². The summed E-state index contributed by atoms with van der Waals surface area (Å²) in [5.41, 5.74) is 0.859. The van der Waals surface area contributed by atoms with E-state index in [-0.39, 0.29) is 21.8 Å². The third-order valence-corrected chi connectivity index (χ3v) is 3.62. The van der Waals surface area contributed by atoms with E-state index in [1.54, 1.807) is 13.0 Å². The first-order chi connectivity index (χ1) is 11.3. The Morgan fingerprint density at radius 3 is 2.42 bits per heavy atom. The maximum atomic E-state index is 12.4. The second-order valence-corrected chi connectivity index (χ2v) is 5.41. The minimum Gasteiger partial charge on any atom is -0.355 e. The van der Waals surface area contributed by atoms with Crippen LogP contribution in [-0.4, -0.2) is 23.8 Å². The first kappa shape index (κ1) is 17.4. The van der Waals surface area contributed by atoms with Crippen LogP contribution in [0, 0.1) is 17.0 Å². The Kier molecular flexibility index (Phi) is 5.15. The lowest BCUT2D eigenvalue weighted by atomic mass is 10.1. The van der Waals surface area contributed by atoms with Crippen molar-refractivity contribution in [3.63, 3.8) is 0 Å². The molecule has 0 aliphatic heterocycles. The number of hydrogen-bond donors (Lipinski definition) is 2. The standard InChI is InChI=1S/C16H14ClN3O4/c1-9-3-6-14(20(23)24)12(7-9)16(22)19-10-4-5-13(17)11(8-10)15(21)18-2/h3-8H,1-2H3,(H,18,21)(H,19,22). The summed E-state index contributed by atoms with van der Waals surface area (Å²) >= 11 is 5.95. The van der Waals surface area contributed by atoms with E-state index in [0.29, 0.717) is 11.3 Å². The zero-order valence-electron chi connectivity index (χ0n) is 12.9. The molecule has 0 heterocycles. The Labute approximate surface area is 142 Å². The summed E-state index contributed by atoms with van der Waals surface area (Å²) in [5, 5.41) is 16.3. The molecule has 8 heteroatoms. The number of carbonyl (C=O) groups excluding carboxylic acids is 2. The van der Waals surface area contributed by atoms with E-state index in [9.17, 15) is 19.7 Å². The summed E-state index contributed by atoms with van der Waals surface area (Å²) in [6, 6.07) is 8.65. The summed E-state index contributed by atoms with van der Waals surface area (Å²) in [6.45, 7) is 1.73. The van der Waals surface area contributed by atoms with Crippen molar-refractivity contribution in [1.29, 1.82) is 0 Å². The minimum absolute atomic E-state index is 0.0588. The topological polar surface area (TPSA) is 101 Å². The van der Waals surface area contributed by atoms with E-state index in [4.69, 9.17) is 11.6 Å². The molecule has 2 aromatic rings. The molecule has 0 spiro atoms. The monoisotopic (exact) mass is 347 g/mol. The van der Waals surface area contributed by atoms with Crippen LogP contribution in [0.5, 0.6) is 0 Å². The highest BCUT2D eigenvalue weighted by Crippen LogP contribution is 2.24. The summed E-state index contributed by atoms with van der Waals surface area (Å²) in [7, 11) is 1.46. The molecule has 2 rings (SSSR count). The zero-order chi connectivity index (χ0) is 17.9. The molecule has 124 valence electrons. The molecule has 7 nitrogen and oxygen atoms in total. The molecule has 0 saturated carbocycles. The number of rotatable bonds is 4. The number of carbonyl (C=O) groups is 2. The van der Waals surface area contributed by atoms with Gasteiger partial charge in [-0.15, -0.1) is 0 Å². The molecule has 0 saturated heterocycles.